The van der Waals surface area contributed by atoms with Gasteiger partial charge in [0.1, 0.15) is 11.5 Å². The van der Waals surface area contributed by atoms with Gasteiger partial charge in [0.05, 0.1) is 17.7 Å². The van der Waals surface area contributed by atoms with Gasteiger partial charge in [-0.05, 0) is 61.4 Å². The predicted molar refractivity (Wildman–Crippen MR) is 135 cm³/mol. The summed E-state index contributed by atoms with van der Waals surface area (Å²) in [6.45, 7) is 4.03. The number of aliphatic hydroxyl groups excluding tert-OH is 1. The number of anilines is 1. The van der Waals surface area contributed by atoms with Gasteiger partial charge in [-0.15, -0.1) is 0 Å². The summed E-state index contributed by atoms with van der Waals surface area (Å²) in [5, 5.41) is 11.3. The van der Waals surface area contributed by atoms with Crippen LogP contribution in [0, 0.1) is 0 Å². The lowest BCUT2D eigenvalue weighted by atomic mass is 9.95. The van der Waals surface area contributed by atoms with Crippen LogP contribution in [0.1, 0.15) is 36.6 Å². The molecule has 3 aromatic rings. The number of likely N-dealkylation sites (tertiary alicyclic amines) is 1. The minimum atomic E-state index is -0.742. The van der Waals surface area contributed by atoms with Crippen LogP contribution in [0.2, 0.25) is 0 Å². The molecule has 1 amide bonds. The van der Waals surface area contributed by atoms with Gasteiger partial charge in [-0.25, -0.2) is 0 Å². The number of carbonyl (C=O) groups is 2. The average Bonchev–Trinajstić information content (AvgIpc) is 3.09. The molecular weight excluding hydrogens is 442 g/mol. The molecule has 0 bridgehead atoms. The van der Waals surface area contributed by atoms with E-state index in [9.17, 15) is 14.7 Å². The lowest BCUT2D eigenvalue weighted by Gasteiger charge is -2.26. The normalized spacial score (nSPS) is 17.2. The Morgan fingerprint density at radius 3 is 2.37 bits per heavy atom. The molecule has 1 fully saturated rings. The van der Waals surface area contributed by atoms with E-state index in [1.54, 1.807) is 48.8 Å². The maximum atomic E-state index is 13.3. The maximum absolute atomic E-state index is 13.3. The molecule has 2 heterocycles. The van der Waals surface area contributed by atoms with Crippen LogP contribution in [0.15, 0.2) is 78.6 Å². The number of aliphatic hydroxyl groups is 1. The van der Waals surface area contributed by atoms with Crippen molar-refractivity contribution >= 4 is 23.1 Å². The van der Waals surface area contributed by atoms with Crippen LogP contribution in [0.5, 0.6) is 5.75 Å². The first-order valence-corrected chi connectivity index (χ1v) is 11.5. The van der Waals surface area contributed by atoms with Gasteiger partial charge >= 0.3 is 0 Å². The van der Waals surface area contributed by atoms with Gasteiger partial charge in [0.25, 0.3) is 11.7 Å². The number of pyridine rings is 1. The first-order chi connectivity index (χ1) is 16.8. The third-order valence-corrected chi connectivity index (χ3v) is 5.85. The van der Waals surface area contributed by atoms with Crippen molar-refractivity contribution in [1.29, 1.82) is 0 Å². The number of amides is 1. The van der Waals surface area contributed by atoms with Gasteiger partial charge in [0.2, 0.25) is 0 Å². The highest BCUT2D eigenvalue weighted by Crippen LogP contribution is 2.41. The number of hydrogen-bond acceptors (Lipinski definition) is 6. The molecule has 1 aliphatic rings. The van der Waals surface area contributed by atoms with E-state index in [1.165, 1.54) is 4.90 Å². The highest BCUT2D eigenvalue weighted by atomic mass is 16.5. The van der Waals surface area contributed by atoms with Crippen LogP contribution in [0.25, 0.3) is 5.76 Å². The minimum absolute atomic E-state index is 0.0476. The molecule has 0 radical (unpaired) electrons. The van der Waals surface area contributed by atoms with Crippen LogP contribution in [0.3, 0.4) is 0 Å². The molecule has 1 aliphatic heterocycles. The van der Waals surface area contributed by atoms with Crippen LogP contribution in [0.4, 0.5) is 5.69 Å². The monoisotopic (exact) mass is 471 g/mol. The molecule has 7 heteroatoms. The Kier molecular flexibility index (Phi) is 6.87. The highest BCUT2D eigenvalue weighted by molar-refractivity contribution is 6.46. The van der Waals surface area contributed by atoms with E-state index in [2.05, 4.69) is 4.98 Å². The van der Waals surface area contributed by atoms with Crippen LogP contribution in [-0.2, 0) is 16.1 Å². The van der Waals surface area contributed by atoms with Crippen molar-refractivity contribution in [3.05, 3.63) is 95.3 Å². The van der Waals surface area contributed by atoms with E-state index in [0.717, 1.165) is 16.8 Å². The van der Waals surface area contributed by atoms with Crippen molar-refractivity contribution < 1.29 is 19.4 Å². The third-order valence-electron chi connectivity index (χ3n) is 5.85. The molecule has 1 unspecified atom stereocenters. The molecule has 180 valence electrons. The lowest BCUT2D eigenvalue weighted by Crippen LogP contribution is -2.29. The molecule has 7 nitrogen and oxygen atoms in total. The van der Waals surface area contributed by atoms with Crippen molar-refractivity contribution in [3.63, 3.8) is 0 Å². The molecule has 4 rings (SSSR count). The summed E-state index contributed by atoms with van der Waals surface area (Å²) in [5.41, 5.74) is 3.03. The zero-order valence-corrected chi connectivity index (χ0v) is 20.3. The summed E-state index contributed by atoms with van der Waals surface area (Å²) in [5.74, 6) is -1.02. The summed E-state index contributed by atoms with van der Waals surface area (Å²) < 4.78 is 5.76. The van der Waals surface area contributed by atoms with Gasteiger partial charge in [-0.1, -0.05) is 24.3 Å². The third kappa shape index (κ3) is 5.04. The summed E-state index contributed by atoms with van der Waals surface area (Å²) in [6.07, 6.45) is 3.24. The van der Waals surface area contributed by atoms with E-state index in [0.29, 0.717) is 11.3 Å². The fraction of sp³-hybridized carbons (Fsp3) is 0.250. The van der Waals surface area contributed by atoms with Gasteiger partial charge in [-0.2, -0.15) is 0 Å². The molecular formula is C28H29N3O4. The number of benzene rings is 2. The summed E-state index contributed by atoms with van der Waals surface area (Å²) in [6, 6.07) is 17.4. The second-order valence-corrected chi connectivity index (χ2v) is 8.96. The van der Waals surface area contributed by atoms with E-state index < -0.39 is 17.7 Å². The van der Waals surface area contributed by atoms with E-state index in [1.807, 2.05) is 57.1 Å². The molecule has 0 aliphatic carbocycles. The number of Topliss-reactive ketones (excluding diaryl/α,β-unsaturated/α-hetero) is 1. The molecule has 2 aromatic carbocycles. The summed E-state index contributed by atoms with van der Waals surface area (Å²) >= 11 is 0. The maximum Gasteiger partial charge on any atom is 0.295 e. The van der Waals surface area contributed by atoms with Crippen LogP contribution < -0.4 is 9.64 Å². The lowest BCUT2D eigenvalue weighted by molar-refractivity contribution is -0.140. The topological polar surface area (TPSA) is 83.0 Å². The summed E-state index contributed by atoms with van der Waals surface area (Å²) in [4.78, 5) is 34.0. The quantitative estimate of drug-likeness (QED) is 0.309. The van der Waals surface area contributed by atoms with Gasteiger partial charge < -0.3 is 19.6 Å². The molecule has 0 saturated carbocycles. The second-order valence-electron chi connectivity index (χ2n) is 8.96. The van der Waals surface area contributed by atoms with Crippen molar-refractivity contribution in [2.45, 2.75) is 32.5 Å². The number of hydrogen-bond donors (Lipinski definition) is 1. The molecule has 1 N–H and O–H groups in total. The molecule has 1 atom stereocenters. The summed E-state index contributed by atoms with van der Waals surface area (Å²) in [7, 11) is 3.88. The van der Waals surface area contributed by atoms with Gasteiger partial charge in [0.15, 0.2) is 0 Å². The number of rotatable bonds is 7. The van der Waals surface area contributed by atoms with Gasteiger partial charge in [0, 0.05) is 44.3 Å². The Hall–Kier alpha value is -4.13. The van der Waals surface area contributed by atoms with Crippen molar-refractivity contribution in [2.75, 3.05) is 19.0 Å². The minimum Gasteiger partial charge on any atom is -0.507 e. The standard InChI is InChI=1S/C28H29N3O4/c1-18(2)35-23-7-5-6-21(16-23)26(32)24-25(20-8-10-22(11-9-20)30(3)4)31(28(34)27(24)33)17-19-12-14-29-15-13-19/h5-16,18,25,32H,17H2,1-4H3/b26-24-. The van der Waals surface area contributed by atoms with E-state index >= 15 is 0 Å². The molecule has 35 heavy (non-hydrogen) atoms. The fourth-order valence-corrected chi connectivity index (χ4v) is 4.17. The Labute approximate surface area is 205 Å². The van der Waals surface area contributed by atoms with Gasteiger partial charge in [-0.3, -0.25) is 14.6 Å². The smallest absolute Gasteiger partial charge is 0.295 e. The van der Waals surface area contributed by atoms with Crippen molar-refractivity contribution in [2.24, 2.45) is 0 Å². The van der Waals surface area contributed by atoms with E-state index in [4.69, 9.17) is 4.74 Å². The highest BCUT2D eigenvalue weighted by Gasteiger charge is 2.46. The Morgan fingerprint density at radius 2 is 1.74 bits per heavy atom. The predicted octanol–water partition coefficient (Wildman–Crippen LogP) is 4.56. The van der Waals surface area contributed by atoms with Crippen molar-refractivity contribution in [1.82, 2.24) is 9.88 Å². The first kappa shape index (κ1) is 24.0. The Bertz CT molecular complexity index is 1250. The number of ether oxygens (including phenoxy) is 1. The Balaban J connectivity index is 1.83. The van der Waals surface area contributed by atoms with Crippen molar-refractivity contribution in [3.8, 4) is 5.75 Å². The number of carbonyl (C=O) groups excluding carboxylic acids is 2. The second kappa shape index (κ2) is 10.0. The first-order valence-electron chi connectivity index (χ1n) is 11.5. The number of aromatic nitrogens is 1. The molecule has 1 saturated heterocycles. The molecule has 1 aromatic heterocycles. The van der Waals surface area contributed by atoms with Crippen LogP contribution in [-0.4, -0.2) is 46.9 Å². The zero-order valence-electron chi connectivity index (χ0n) is 20.3. The van der Waals surface area contributed by atoms with Crippen LogP contribution >= 0.6 is 0 Å². The number of ketones is 1. The largest absolute Gasteiger partial charge is 0.507 e. The van der Waals surface area contributed by atoms with E-state index in [-0.39, 0.29) is 24.0 Å². The zero-order chi connectivity index (χ0) is 25.1. The SMILES string of the molecule is CC(C)Oc1cccc(/C(O)=C2/C(=O)C(=O)N(Cc3ccncc3)C2c2ccc(N(C)C)cc2)c1. The Morgan fingerprint density at radius 1 is 1.06 bits per heavy atom. The molecule has 0 spiro atoms. The number of nitrogens with zero attached hydrogens (tertiary/aromatic N) is 3. The average molecular weight is 472 g/mol. The fourth-order valence-electron chi connectivity index (χ4n) is 4.17.